The van der Waals surface area contributed by atoms with E-state index in [2.05, 4.69) is 20.2 Å². The van der Waals surface area contributed by atoms with Crippen molar-refractivity contribution in [2.24, 2.45) is 0 Å². The summed E-state index contributed by atoms with van der Waals surface area (Å²) in [5.74, 6) is 1.40. The Kier molecular flexibility index (Phi) is 3.53. The smallest absolute Gasteiger partial charge is 0.246 e. The third-order valence-corrected chi connectivity index (χ3v) is 4.16. The van der Waals surface area contributed by atoms with E-state index >= 15 is 0 Å². The van der Waals surface area contributed by atoms with Crippen LogP contribution in [-0.2, 0) is 17.9 Å². The third kappa shape index (κ3) is 2.44. The van der Waals surface area contributed by atoms with Crippen molar-refractivity contribution < 1.29 is 4.79 Å². The van der Waals surface area contributed by atoms with Gasteiger partial charge in [0.15, 0.2) is 11.6 Å². The van der Waals surface area contributed by atoms with Gasteiger partial charge in [0.05, 0.1) is 12.7 Å². The normalized spacial score (nSPS) is 17.0. The minimum atomic E-state index is -0.371. The Morgan fingerprint density at radius 3 is 2.75 bits per heavy atom. The summed E-state index contributed by atoms with van der Waals surface area (Å²) in [5, 5.41) is 8.49. The molecule has 120 valence electrons. The van der Waals surface area contributed by atoms with Gasteiger partial charge in [-0.1, -0.05) is 30.3 Å². The van der Waals surface area contributed by atoms with Crippen LogP contribution in [0.1, 0.15) is 24.4 Å². The molecule has 1 aliphatic heterocycles. The molecule has 1 aliphatic rings. The lowest BCUT2D eigenvalue weighted by molar-refractivity contribution is -0.137. The first kappa shape index (κ1) is 14.5. The van der Waals surface area contributed by atoms with Crippen molar-refractivity contribution in [3.63, 3.8) is 0 Å². The number of benzene rings is 1. The van der Waals surface area contributed by atoms with Crippen molar-refractivity contribution in [2.45, 2.75) is 26.1 Å². The van der Waals surface area contributed by atoms with Crippen LogP contribution in [-0.4, -0.2) is 35.5 Å². The summed E-state index contributed by atoms with van der Waals surface area (Å²) >= 11 is 0. The molecule has 0 bridgehead atoms. The van der Waals surface area contributed by atoms with Crippen molar-refractivity contribution in [3.8, 4) is 11.5 Å². The molecule has 1 aromatic carbocycles. The summed E-state index contributed by atoms with van der Waals surface area (Å²) in [4.78, 5) is 22.9. The van der Waals surface area contributed by atoms with Crippen molar-refractivity contribution in [1.82, 2.24) is 29.6 Å². The zero-order chi connectivity index (χ0) is 16.5. The molecule has 7 nitrogen and oxygen atoms in total. The molecule has 7 heteroatoms. The molecular weight excluding hydrogens is 304 g/mol. The van der Waals surface area contributed by atoms with Crippen molar-refractivity contribution in [1.29, 1.82) is 0 Å². The van der Waals surface area contributed by atoms with Crippen LogP contribution in [0.2, 0.25) is 0 Å². The molecule has 0 aliphatic carbocycles. The van der Waals surface area contributed by atoms with E-state index < -0.39 is 0 Å². The fourth-order valence-corrected chi connectivity index (χ4v) is 2.99. The van der Waals surface area contributed by atoms with Gasteiger partial charge in [-0.15, -0.1) is 10.2 Å². The lowest BCUT2D eigenvalue weighted by atomic mass is 10.1. The number of rotatable bonds is 3. The highest BCUT2D eigenvalue weighted by molar-refractivity contribution is 5.81. The second-order valence-electron chi connectivity index (χ2n) is 5.76. The second-order valence-corrected chi connectivity index (χ2v) is 5.76. The Hall–Kier alpha value is -3.09. The van der Waals surface area contributed by atoms with E-state index in [1.807, 2.05) is 46.7 Å². The molecule has 24 heavy (non-hydrogen) atoms. The number of carbonyl (C=O) groups is 1. The van der Waals surface area contributed by atoms with E-state index in [9.17, 15) is 4.79 Å². The Labute approximate surface area is 139 Å². The van der Waals surface area contributed by atoms with E-state index in [4.69, 9.17) is 0 Å². The first-order chi connectivity index (χ1) is 11.7. The zero-order valence-corrected chi connectivity index (χ0v) is 13.2. The summed E-state index contributed by atoms with van der Waals surface area (Å²) in [6.07, 6.45) is 4.84. The number of fused-ring (bicyclic) bond motifs is 1. The average Bonchev–Trinajstić information content (AvgIpc) is 3.05. The quantitative estimate of drug-likeness (QED) is 0.736. The fourth-order valence-electron chi connectivity index (χ4n) is 2.99. The summed E-state index contributed by atoms with van der Waals surface area (Å²) in [5.41, 5.74) is 1.72. The highest BCUT2D eigenvalue weighted by Gasteiger charge is 2.33. The van der Waals surface area contributed by atoms with Gasteiger partial charge in [0.25, 0.3) is 0 Å². The molecule has 0 fully saturated rings. The van der Waals surface area contributed by atoms with Crippen LogP contribution in [0.5, 0.6) is 0 Å². The summed E-state index contributed by atoms with van der Waals surface area (Å²) in [7, 11) is 0. The molecule has 3 heterocycles. The van der Waals surface area contributed by atoms with Crippen LogP contribution in [0.25, 0.3) is 11.5 Å². The van der Waals surface area contributed by atoms with Crippen LogP contribution < -0.4 is 0 Å². The van der Waals surface area contributed by atoms with Crippen LogP contribution >= 0.6 is 0 Å². The first-order valence-corrected chi connectivity index (χ1v) is 7.77. The first-order valence-electron chi connectivity index (χ1n) is 7.77. The molecule has 0 radical (unpaired) electrons. The number of hydrogen-bond acceptors (Lipinski definition) is 5. The van der Waals surface area contributed by atoms with Crippen LogP contribution in [0, 0.1) is 0 Å². The maximum atomic E-state index is 12.8. The summed E-state index contributed by atoms with van der Waals surface area (Å²) in [6.45, 7) is 2.87. The van der Waals surface area contributed by atoms with Crippen LogP contribution in [0.15, 0.2) is 48.9 Å². The molecule has 2 aromatic heterocycles. The van der Waals surface area contributed by atoms with Crippen LogP contribution in [0.3, 0.4) is 0 Å². The summed E-state index contributed by atoms with van der Waals surface area (Å²) < 4.78 is 1.86. The predicted octanol–water partition coefficient (Wildman–Crippen LogP) is 1.84. The molecule has 4 rings (SSSR count). The molecule has 0 saturated carbocycles. The molecular formula is C17H16N6O. The Balaban J connectivity index is 1.67. The molecule has 0 N–H and O–H groups in total. The minimum absolute atomic E-state index is 0.0521. The SMILES string of the molecule is C[C@H]1C(=O)N(Cc2ccccc2)Cc2nnc(-c3cnccn3)n21. The maximum absolute atomic E-state index is 12.8. The monoisotopic (exact) mass is 320 g/mol. The molecule has 3 aromatic rings. The van der Waals surface area contributed by atoms with E-state index in [0.29, 0.717) is 24.6 Å². The number of hydrogen-bond donors (Lipinski definition) is 0. The zero-order valence-electron chi connectivity index (χ0n) is 13.2. The maximum Gasteiger partial charge on any atom is 0.246 e. The Morgan fingerprint density at radius 2 is 2.00 bits per heavy atom. The number of amides is 1. The minimum Gasteiger partial charge on any atom is -0.329 e. The van der Waals surface area contributed by atoms with Gasteiger partial charge in [0.2, 0.25) is 5.91 Å². The number of nitrogens with zero attached hydrogens (tertiary/aromatic N) is 6. The molecule has 0 unspecified atom stereocenters. The molecule has 0 spiro atoms. The number of carbonyl (C=O) groups excluding carboxylic acids is 1. The van der Waals surface area contributed by atoms with Gasteiger partial charge in [-0.25, -0.2) is 4.98 Å². The third-order valence-electron chi connectivity index (χ3n) is 4.16. The number of aromatic nitrogens is 5. The highest BCUT2D eigenvalue weighted by atomic mass is 16.2. The molecule has 1 amide bonds. The topological polar surface area (TPSA) is 76.8 Å². The molecule has 0 saturated heterocycles. The van der Waals surface area contributed by atoms with Gasteiger partial charge in [-0.3, -0.25) is 14.3 Å². The predicted molar refractivity (Wildman–Crippen MR) is 86.5 cm³/mol. The molecule has 1 atom stereocenters. The van der Waals surface area contributed by atoms with Gasteiger partial charge in [0, 0.05) is 18.9 Å². The van der Waals surface area contributed by atoms with Crippen LogP contribution in [0.4, 0.5) is 0 Å². The van der Waals surface area contributed by atoms with E-state index in [1.165, 1.54) is 0 Å². The fraction of sp³-hybridized carbons (Fsp3) is 0.235. The van der Waals surface area contributed by atoms with E-state index in [-0.39, 0.29) is 11.9 Å². The van der Waals surface area contributed by atoms with Gasteiger partial charge < -0.3 is 4.90 Å². The van der Waals surface area contributed by atoms with Gasteiger partial charge in [-0.2, -0.15) is 0 Å². The second kappa shape index (κ2) is 5.84. The van der Waals surface area contributed by atoms with E-state index in [1.54, 1.807) is 18.6 Å². The van der Waals surface area contributed by atoms with Gasteiger partial charge >= 0.3 is 0 Å². The average molecular weight is 320 g/mol. The van der Waals surface area contributed by atoms with Crippen molar-refractivity contribution >= 4 is 5.91 Å². The Morgan fingerprint density at radius 1 is 1.17 bits per heavy atom. The van der Waals surface area contributed by atoms with Gasteiger partial charge in [-0.05, 0) is 12.5 Å². The Bertz CT molecular complexity index is 861. The highest BCUT2D eigenvalue weighted by Crippen LogP contribution is 2.27. The largest absolute Gasteiger partial charge is 0.329 e. The standard InChI is InChI=1S/C17H16N6O/c1-12-17(24)22(10-13-5-3-2-4-6-13)11-15-20-21-16(23(12)15)14-9-18-7-8-19-14/h2-9,12H,10-11H2,1H3/t12-/m0/s1. The van der Waals surface area contributed by atoms with Crippen molar-refractivity contribution in [3.05, 3.63) is 60.3 Å². The van der Waals surface area contributed by atoms with Gasteiger partial charge in [0.1, 0.15) is 11.7 Å². The lowest BCUT2D eigenvalue weighted by Crippen LogP contribution is -2.41. The lowest BCUT2D eigenvalue weighted by Gasteiger charge is -2.32. The summed E-state index contributed by atoms with van der Waals surface area (Å²) in [6, 6.07) is 9.58. The van der Waals surface area contributed by atoms with E-state index in [0.717, 1.165) is 11.4 Å². The van der Waals surface area contributed by atoms with Crippen molar-refractivity contribution in [2.75, 3.05) is 0 Å².